The fourth-order valence-electron chi connectivity index (χ4n) is 3.23. The molecule has 1 N–H and O–H groups in total. The van der Waals surface area contributed by atoms with Crippen molar-refractivity contribution in [1.82, 2.24) is 19.6 Å². The van der Waals surface area contributed by atoms with E-state index < -0.39 is 0 Å². The molecule has 31 heavy (non-hydrogen) atoms. The number of nitrogens with one attached hydrogen (secondary N) is 1. The SMILES string of the molecule is O=C(CSc1nc2ccccc2c2nc(-c3ccccc3)nn12)Nc1cccc(Cl)c1. The van der Waals surface area contributed by atoms with Crippen molar-refractivity contribution in [3.05, 3.63) is 83.9 Å². The second-order valence-electron chi connectivity index (χ2n) is 6.80. The number of fused-ring (bicyclic) bond motifs is 3. The summed E-state index contributed by atoms with van der Waals surface area (Å²) in [6.45, 7) is 0. The Labute approximate surface area is 187 Å². The molecule has 0 saturated carbocycles. The van der Waals surface area contributed by atoms with Gasteiger partial charge in [0.15, 0.2) is 16.6 Å². The lowest BCUT2D eigenvalue weighted by Gasteiger charge is -2.07. The number of carbonyl (C=O) groups is 1. The highest BCUT2D eigenvalue weighted by molar-refractivity contribution is 7.99. The fraction of sp³-hybridized carbons (Fsp3) is 0.0435. The molecule has 0 aliphatic carbocycles. The molecule has 5 rings (SSSR count). The molecule has 0 aliphatic rings. The van der Waals surface area contributed by atoms with Crippen LogP contribution < -0.4 is 5.32 Å². The van der Waals surface area contributed by atoms with Gasteiger partial charge in [-0.25, -0.2) is 9.97 Å². The first kappa shape index (κ1) is 19.5. The third-order valence-electron chi connectivity index (χ3n) is 4.62. The number of amides is 1. The second-order valence-corrected chi connectivity index (χ2v) is 8.17. The van der Waals surface area contributed by atoms with Crippen molar-refractivity contribution < 1.29 is 4.79 Å². The van der Waals surface area contributed by atoms with Crippen molar-refractivity contribution in [3.8, 4) is 11.4 Å². The number of hydrogen-bond donors (Lipinski definition) is 1. The summed E-state index contributed by atoms with van der Waals surface area (Å²) in [4.78, 5) is 22.0. The Morgan fingerprint density at radius 2 is 1.77 bits per heavy atom. The highest BCUT2D eigenvalue weighted by Gasteiger charge is 2.16. The number of para-hydroxylation sites is 1. The van der Waals surface area contributed by atoms with E-state index in [4.69, 9.17) is 21.6 Å². The van der Waals surface area contributed by atoms with E-state index in [1.54, 1.807) is 28.8 Å². The maximum absolute atomic E-state index is 12.5. The molecule has 0 saturated heterocycles. The Hall–Kier alpha value is -3.42. The van der Waals surface area contributed by atoms with E-state index in [-0.39, 0.29) is 11.7 Å². The van der Waals surface area contributed by atoms with Gasteiger partial charge >= 0.3 is 0 Å². The van der Waals surface area contributed by atoms with Crippen molar-refractivity contribution in [1.29, 1.82) is 0 Å². The number of thioether (sulfide) groups is 1. The Morgan fingerprint density at radius 1 is 0.968 bits per heavy atom. The molecule has 0 spiro atoms. The molecule has 6 nitrogen and oxygen atoms in total. The lowest BCUT2D eigenvalue weighted by molar-refractivity contribution is -0.113. The largest absolute Gasteiger partial charge is 0.325 e. The Bertz CT molecular complexity index is 1400. The molecule has 3 aromatic carbocycles. The fourth-order valence-corrected chi connectivity index (χ4v) is 4.16. The van der Waals surface area contributed by atoms with Crippen LogP contribution in [-0.4, -0.2) is 31.2 Å². The number of aromatic nitrogens is 4. The molecular formula is C23H16ClN5OS. The van der Waals surface area contributed by atoms with Gasteiger partial charge in [0.25, 0.3) is 0 Å². The summed E-state index contributed by atoms with van der Waals surface area (Å²) in [5, 5.41) is 9.61. The van der Waals surface area contributed by atoms with Crippen LogP contribution in [0, 0.1) is 0 Å². The van der Waals surface area contributed by atoms with Crippen molar-refractivity contribution in [3.63, 3.8) is 0 Å². The third-order valence-corrected chi connectivity index (χ3v) is 5.79. The summed E-state index contributed by atoms with van der Waals surface area (Å²) in [7, 11) is 0. The Balaban J connectivity index is 1.48. The van der Waals surface area contributed by atoms with Crippen LogP contribution in [-0.2, 0) is 4.79 Å². The van der Waals surface area contributed by atoms with Crippen molar-refractivity contribution in [2.45, 2.75) is 5.16 Å². The standard InChI is InChI=1S/C23H16ClN5OS/c24-16-9-6-10-17(13-16)25-20(30)14-31-23-26-19-12-5-4-11-18(19)22-27-21(28-29(22)23)15-7-2-1-3-8-15/h1-13H,14H2,(H,25,30). The first-order valence-electron chi connectivity index (χ1n) is 9.56. The van der Waals surface area contributed by atoms with Crippen LogP contribution in [0.1, 0.15) is 0 Å². The minimum Gasteiger partial charge on any atom is -0.325 e. The molecule has 0 atom stereocenters. The Morgan fingerprint density at radius 3 is 2.61 bits per heavy atom. The highest BCUT2D eigenvalue weighted by atomic mass is 35.5. The molecule has 0 aliphatic heterocycles. The summed E-state index contributed by atoms with van der Waals surface area (Å²) in [5.74, 6) is 0.635. The predicted octanol–water partition coefficient (Wildman–Crippen LogP) is 5.33. The zero-order chi connectivity index (χ0) is 21.2. The van der Waals surface area contributed by atoms with E-state index >= 15 is 0 Å². The van der Waals surface area contributed by atoms with Crippen LogP contribution in [0.5, 0.6) is 0 Å². The number of halogens is 1. The maximum atomic E-state index is 12.5. The van der Waals surface area contributed by atoms with Gasteiger partial charge in [-0.1, -0.05) is 71.9 Å². The molecule has 2 aromatic heterocycles. The van der Waals surface area contributed by atoms with Gasteiger partial charge in [-0.15, -0.1) is 5.10 Å². The van der Waals surface area contributed by atoms with Crippen molar-refractivity contribution in [2.24, 2.45) is 0 Å². The van der Waals surface area contributed by atoms with Crippen LogP contribution in [0.3, 0.4) is 0 Å². The van der Waals surface area contributed by atoms with Gasteiger partial charge in [-0.05, 0) is 30.3 Å². The van der Waals surface area contributed by atoms with E-state index in [1.807, 2.05) is 54.6 Å². The molecule has 2 heterocycles. The number of hydrogen-bond acceptors (Lipinski definition) is 5. The first-order valence-corrected chi connectivity index (χ1v) is 10.9. The van der Waals surface area contributed by atoms with Gasteiger partial charge in [0.2, 0.25) is 5.91 Å². The van der Waals surface area contributed by atoms with Gasteiger partial charge in [0.1, 0.15) is 0 Å². The quantitative estimate of drug-likeness (QED) is 0.292. The number of rotatable bonds is 5. The van der Waals surface area contributed by atoms with Crippen LogP contribution >= 0.6 is 23.4 Å². The lowest BCUT2D eigenvalue weighted by Crippen LogP contribution is -2.14. The van der Waals surface area contributed by atoms with Gasteiger partial charge in [-0.3, -0.25) is 4.79 Å². The molecule has 0 unspecified atom stereocenters. The van der Waals surface area contributed by atoms with Crippen LogP contribution in [0.4, 0.5) is 5.69 Å². The normalized spacial score (nSPS) is 11.1. The van der Waals surface area contributed by atoms with Gasteiger partial charge in [0.05, 0.1) is 11.3 Å². The monoisotopic (exact) mass is 445 g/mol. The van der Waals surface area contributed by atoms with Crippen LogP contribution in [0.15, 0.2) is 84.0 Å². The molecule has 0 fully saturated rings. The lowest BCUT2D eigenvalue weighted by atomic mass is 10.2. The summed E-state index contributed by atoms with van der Waals surface area (Å²) < 4.78 is 1.71. The summed E-state index contributed by atoms with van der Waals surface area (Å²) >= 11 is 7.30. The minimum atomic E-state index is -0.154. The first-order chi connectivity index (χ1) is 15.2. The van der Waals surface area contributed by atoms with Gasteiger partial charge < -0.3 is 5.32 Å². The van der Waals surface area contributed by atoms with Gasteiger partial charge in [0, 0.05) is 21.7 Å². The number of anilines is 1. The summed E-state index contributed by atoms with van der Waals surface area (Å²) in [5.41, 5.74) is 3.09. The van der Waals surface area contributed by atoms with E-state index in [1.165, 1.54) is 11.8 Å². The van der Waals surface area contributed by atoms with E-state index in [9.17, 15) is 4.79 Å². The van der Waals surface area contributed by atoms with Crippen molar-refractivity contribution >= 4 is 51.5 Å². The van der Waals surface area contributed by atoms with E-state index in [0.29, 0.717) is 27.3 Å². The van der Waals surface area contributed by atoms with Crippen LogP contribution in [0.25, 0.3) is 27.9 Å². The van der Waals surface area contributed by atoms with E-state index in [0.717, 1.165) is 16.5 Å². The highest BCUT2D eigenvalue weighted by Crippen LogP contribution is 2.26. The minimum absolute atomic E-state index is 0.154. The average Bonchev–Trinajstić information content (AvgIpc) is 3.24. The smallest absolute Gasteiger partial charge is 0.234 e. The zero-order valence-electron chi connectivity index (χ0n) is 16.2. The third kappa shape index (κ3) is 4.10. The molecule has 0 radical (unpaired) electrons. The van der Waals surface area contributed by atoms with E-state index in [2.05, 4.69) is 10.4 Å². The molecule has 0 bridgehead atoms. The van der Waals surface area contributed by atoms with Crippen LogP contribution in [0.2, 0.25) is 5.02 Å². The molecule has 1 amide bonds. The Kier molecular flexibility index (Phi) is 5.28. The maximum Gasteiger partial charge on any atom is 0.234 e. The molecule has 5 aromatic rings. The molecule has 8 heteroatoms. The topological polar surface area (TPSA) is 72.2 Å². The summed E-state index contributed by atoms with van der Waals surface area (Å²) in [6, 6.07) is 24.6. The predicted molar refractivity (Wildman–Crippen MR) is 125 cm³/mol. The zero-order valence-corrected chi connectivity index (χ0v) is 17.8. The molecular weight excluding hydrogens is 430 g/mol. The second kappa shape index (κ2) is 8.37. The average molecular weight is 446 g/mol. The summed E-state index contributed by atoms with van der Waals surface area (Å²) in [6.07, 6.45) is 0. The number of benzene rings is 3. The van der Waals surface area contributed by atoms with Gasteiger partial charge in [-0.2, -0.15) is 4.52 Å². The van der Waals surface area contributed by atoms with Crippen molar-refractivity contribution in [2.75, 3.05) is 11.1 Å². The number of carbonyl (C=O) groups excluding carboxylic acids is 1. The molecule has 152 valence electrons. The number of nitrogens with zero attached hydrogens (tertiary/aromatic N) is 4.